The fraction of sp³-hybridized carbons (Fsp3) is 0.316. The fourth-order valence-corrected chi connectivity index (χ4v) is 2.94. The summed E-state index contributed by atoms with van der Waals surface area (Å²) in [7, 11) is 0. The van der Waals surface area contributed by atoms with Gasteiger partial charge in [0.2, 0.25) is 0 Å². The van der Waals surface area contributed by atoms with Gasteiger partial charge in [0, 0.05) is 5.69 Å². The van der Waals surface area contributed by atoms with Crippen molar-refractivity contribution in [2.75, 3.05) is 5.32 Å². The second kappa shape index (κ2) is 7.73. The molecule has 0 fully saturated rings. The average Bonchev–Trinajstić information content (AvgIpc) is 2.48. The maximum absolute atomic E-state index is 13.4. The first-order chi connectivity index (χ1) is 11.3. The van der Waals surface area contributed by atoms with Crippen molar-refractivity contribution in [1.82, 2.24) is 5.32 Å². The number of rotatable bonds is 4. The molecule has 0 aliphatic carbocycles. The zero-order chi connectivity index (χ0) is 17.9. The molecule has 2 aromatic carbocycles. The number of hydrogen-bond acceptors (Lipinski definition) is 2. The molecule has 0 saturated carbocycles. The Kier molecular flexibility index (Phi) is 5.91. The zero-order valence-corrected chi connectivity index (χ0v) is 15.2. The second-order valence-electron chi connectivity index (χ2n) is 6.22. The summed E-state index contributed by atoms with van der Waals surface area (Å²) in [6, 6.07) is 10.4. The smallest absolute Gasteiger partial charge is 0.171 e. The van der Waals surface area contributed by atoms with Gasteiger partial charge < -0.3 is 15.7 Å². The number of benzene rings is 2. The van der Waals surface area contributed by atoms with E-state index in [1.54, 1.807) is 19.1 Å². The molecule has 24 heavy (non-hydrogen) atoms. The predicted octanol–water partition coefficient (Wildman–Crippen LogP) is 4.16. The molecule has 0 radical (unpaired) electrons. The number of nitrogens with one attached hydrogen (secondary N) is 2. The van der Waals surface area contributed by atoms with Crippen LogP contribution >= 0.6 is 12.2 Å². The van der Waals surface area contributed by atoms with Gasteiger partial charge in [0.25, 0.3) is 0 Å². The number of hydrogen-bond donors (Lipinski definition) is 3. The molecule has 2 aromatic rings. The van der Waals surface area contributed by atoms with E-state index in [1.807, 2.05) is 32.9 Å². The Morgan fingerprint density at radius 2 is 1.71 bits per heavy atom. The highest BCUT2D eigenvalue weighted by Gasteiger charge is 2.18. The lowest BCUT2D eigenvalue weighted by molar-refractivity contribution is 0.145. The minimum atomic E-state index is -0.789. The van der Waals surface area contributed by atoms with Crippen LogP contribution in [0.15, 0.2) is 36.4 Å². The summed E-state index contributed by atoms with van der Waals surface area (Å²) in [6.07, 6.45) is -0.789. The van der Waals surface area contributed by atoms with Gasteiger partial charge in [-0.2, -0.15) is 0 Å². The molecule has 2 unspecified atom stereocenters. The monoisotopic (exact) mass is 346 g/mol. The Bertz CT molecular complexity index is 728. The van der Waals surface area contributed by atoms with Crippen LogP contribution in [0, 0.1) is 26.6 Å². The number of aliphatic hydroxyl groups excluding tert-OH is 1. The van der Waals surface area contributed by atoms with Crippen molar-refractivity contribution < 1.29 is 9.50 Å². The van der Waals surface area contributed by atoms with Crippen molar-refractivity contribution in [2.45, 2.75) is 39.8 Å². The third kappa shape index (κ3) is 4.76. The number of aryl methyl sites for hydroxylation is 3. The van der Waals surface area contributed by atoms with Crippen molar-refractivity contribution in [2.24, 2.45) is 0 Å². The SMILES string of the molecule is Cc1cc(C)cc(NC(=S)NC(C)C(O)c2ccc(F)c(C)c2)c1. The van der Waals surface area contributed by atoms with Gasteiger partial charge in [-0.15, -0.1) is 0 Å². The first-order valence-corrected chi connectivity index (χ1v) is 8.27. The molecule has 0 aliphatic heterocycles. The van der Waals surface area contributed by atoms with Gasteiger partial charge in [-0.25, -0.2) is 4.39 Å². The van der Waals surface area contributed by atoms with E-state index in [-0.39, 0.29) is 11.9 Å². The van der Waals surface area contributed by atoms with Crippen LogP contribution in [0.1, 0.15) is 35.3 Å². The molecular formula is C19H23FN2OS. The molecule has 3 N–H and O–H groups in total. The van der Waals surface area contributed by atoms with Crippen LogP contribution in [-0.2, 0) is 0 Å². The van der Waals surface area contributed by atoms with E-state index in [0.29, 0.717) is 16.2 Å². The van der Waals surface area contributed by atoms with Crippen LogP contribution < -0.4 is 10.6 Å². The minimum absolute atomic E-state index is 0.279. The number of thiocarbonyl (C=S) groups is 1. The lowest BCUT2D eigenvalue weighted by Gasteiger charge is -2.23. The lowest BCUT2D eigenvalue weighted by atomic mass is 10.0. The fourth-order valence-electron chi connectivity index (χ4n) is 2.64. The summed E-state index contributed by atoms with van der Waals surface area (Å²) in [4.78, 5) is 0. The first-order valence-electron chi connectivity index (χ1n) is 7.86. The highest BCUT2D eigenvalue weighted by Crippen LogP contribution is 2.20. The standard InChI is InChI=1S/C19H23FN2OS/c1-11-7-12(2)9-16(8-11)22-19(24)21-14(4)18(23)15-5-6-17(20)13(3)10-15/h5-10,14,18,23H,1-4H3,(H2,21,22,24). The normalized spacial score (nSPS) is 13.2. The average molecular weight is 346 g/mol. The molecule has 0 saturated heterocycles. The molecular weight excluding hydrogens is 323 g/mol. The minimum Gasteiger partial charge on any atom is -0.386 e. The molecule has 0 heterocycles. The Balaban J connectivity index is 2.01. The summed E-state index contributed by atoms with van der Waals surface area (Å²) < 4.78 is 13.4. The van der Waals surface area contributed by atoms with Gasteiger partial charge in [0.15, 0.2) is 5.11 Å². The topological polar surface area (TPSA) is 44.3 Å². The highest BCUT2D eigenvalue weighted by molar-refractivity contribution is 7.80. The maximum atomic E-state index is 13.4. The van der Waals surface area contributed by atoms with Crippen molar-refractivity contribution >= 4 is 23.0 Å². The summed E-state index contributed by atoms with van der Waals surface area (Å²) in [5.41, 5.74) is 4.37. The maximum Gasteiger partial charge on any atom is 0.171 e. The zero-order valence-electron chi connectivity index (χ0n) is 14.4. The Morgan fingerprint density at radius 1 is 1.08 bits per heavy atom. The number of halogens is 1. The van der Waals surface area contributed by atoms with Gasteiger partial charge in [-0.05, 0) is 80.4 Å². The molecule has 0 amide bonds. The molecule has 0 aliphatic rings. The van der Waals surface area contributed by atoms with Crippen LogP contribution in [0.2, 0.25) is 0 Å². The summed E-state index contributed by atoms with van der Waals surface area (Å²) in [5.74, 6) is -0.279. The van der Waals surface area contributed by atoms with Crippen molar-refractivity contribution in [1.29, 1.82) is 0 Å². The van der Waals surface area contributed by atoms with E-state index >= 15 is 0 Å². The molecule has 0 bridgehead atoms. The second-order valence-corrected chi connectivity index (χ2v) is 6.63. The van der Waals surface area contributed by atoms with Crippen LogP contribution in [-0.4, -0.2) is 16.3 Å². The van der Waals surface area contributed by atoms with Crippen molar-refractivity contribution in [3.05, 3.63) is 64.5 Å². The molecule has 2 rings (SSSR count). The van der Waals surface area contributed by atoms with E-state index in [1.165, 1.54) is 6.07 Å². The highest BCUT2D eigenvalue weighted by atomic mass is 32.1. The number of anilines is 1. The van der Waals surface area contributed by atoms with Gasteiger partial charge in [-0.3, -0.25) is 0 Å². The quantitative estimate of drug-likeness (QED) is 0.728. The van der Waals surface area contributed by atoms with E-state index in [2.05, 4.69) is 16.7 Å². The van der Waals surface area contributed by atoms with Crippen LogP contribution in [0.25, 0.3) is 0 Å². The van der Waals surface area contributed by atoms with Crippen LogP contribution in [0.5, 0.6) is 0 Å². The molecule has 2 atom stereocenters. The molecule has 0 spiro atoms. The third-order valence-electron chi connectivity index (χ3n) is 3.84. The Hall–Kier alpha value is -1.98. The van der Waals surface area contributed by atoms with E-state index < -0.39 is 6.10 Å². The van der Waals surface area contributed by atoms with Gasteiger partial charge in [0.1, 0.15) is 5.82 Å². The summed E-state index contributed by atoms with van der Waals surface area (Å²) in [6.45, 7) is 7.56. The summed E-state index contributed by atoms with van der Waals surface area (Å²) in [5, 5.41) is 17.1. The predicted molar refractivity (Wildman–Crippen MR) is 101 cm³/mol. The van der Waals surface area contributed by atoms with Crippen LogP contribution in [0.4, 0.5) is 10.1 Å². The molecule has 0 aromatic heterocycles. The number of aliphatic hydroxyl groups is 1. The van der Waals surface area contributed by atoms with Gasteiger partial charge in [0.05, 0.1) is 12.1 Å². The Morgan fingerprint density at radius 3 is 2.29 bits per heavy atom. The molecule has 5 heteroatoms. The van der Waals surface area contributed by atoms with Crippen molar-refractivity contribution in [3.63, 3.8) is 0 Å². The van der Waals surface area contributed by atoms with E-state index in [4.69, 9.17) is 12.2 Å². The van der Waals surface area contributed by atoms with E-state index in [9.17, 15) is 9.50 Å². The Labute approximate surface area is 147 Å². The van der Waals surface area contributed by atoms with Crippen molar-refractivity contribution in [3.8, 4) is 0 Å². The van der Waals surface area contributed by atoms with E-state index in [0.717, 1.165) is 16.8 Å². The van der Waals surface area contributed by atoms with Gasteiger partial charge >= 0.3 is 0 Å². The first kappa shape index (κ1) is 18.4. The lowest BCUT2D eigenvalue weighted by Crippen LogP contribution is -2.39. The summed E-state index contributed by atoms with van der Waals surface area (Å²) >= 11 is 5.32. The van der Waals surface area contributed by atoms with Crippen LogP contribution in [0.3, 0.4) is 0 Å². The van der Waals surface area contributed by atoms with Gasteiger partial charge in [-0.1, -0.05) is 18.2 Å². The molecule has 128 valence electrons. The third-order valence-corrected chi connectivity index (χ3v) is 4.06. The molecule has 3 nitrogen and oxygen atoms in total. The largest absolute Gasteiger partial charge is 0.386 e.